The van der Waals surface area contributed by atoms with Crippen LogP contribution in [0.5, 0.6) is 0 Å². The molecule has 0 aliphatic rings. The Morgan fingerprint density at radius 1 is 1.45 bits per heavy atom. The lowest BCUT2D eigenvalue weighted by Gasteiger charge is -2.20. The number of nitrogens with two attached hydrogens (primary N) is 1. The van der Waals surface area contributed by atoms with Gasteiger partial charge in [-0.25, -0.2) is 13.1 Å². The lowest BCUT2D eigenvalue weighted by Crippen LogP contribution is -2.43. The number of aromatic nitrogens is 1. The minimum Gasteiger partial charge on any atom is -0.399 e. The molecule has 0 saturated carbocycles. The van der Waals surface area contributed by atoms with E-state index < -0.39 is 22.2 Å². The fraction of sp³-hybridized carbons (Fsp3) is 0.333. The van der Waals surface area contributed by atoms with Crippen molar-refractivity contribution >= 4 is 26.6 Å². The number of benzene rings is 1. The van der Waals surface area contributed by atoms with Crippen LogP contribution in [0.1, 0.15) is 6.92 Å². The molecule has 0 saturated heterocycles. The first-order valence-electron chi connectivity index (χ1n) is 5.95. The molecule has 0 bridgehead atoms. The Hall–Kier alpha value is -1.61. The van der Waals surface area contributed by atoms with Crippen molar-refractivity contribution in [2.24, 2.45) is 0 Å². The van der Waals surface area contributed by atoms with Crippen molar-refractivity contribution in [1.82, 2.24) is 9.71 Å². The average molecular weight is 299 g/mol. The van der Waals surface area contributed by atoms with Gasteiger partial charge >= 0.3 is 0 Å². The number of fused-ring (bicyclic) bond motifs is 1. The second kappa shape index (κ2) is 5.06. The van der Waals surface area contributed by atoms with E-state index in [1.165, 1.54) is 13.1 Å². The lowest BCUT2D eigenvalue weighted by atomic mass is 10.1. The molecule has 1 atom stereocenters. The van der Waals surface area contributed by atoms with E-state index in [2.05, 4.69) is 9.71 Å². The van der Waals surface area contributed by atoms with Crippen LogP contribution >= 0.6 is 0 Å². The summed E-state index contributed by atoms with van der Waals surface area (Å²) in [7, 11) is -3.81. The Labute approximate surface area is 116 Å². The fourth-order valence-corrected chi connectivity index (χ4v) is 3.05. The molecule has 1 heterocycles. The maximum atomic E-state index is 12.2. The summed E-state index contributed by atoms with van der Waals surface area (Å²) in [6.45, 7) is 0.500. The van der Waals surface area contributed by atoms with Gasteiger partial charge in [0, 0.05) is 29.3 Å². The van der Waals surface area contributed by atoms with Crippen molar-refractivity contribution < 1.29 is 18.6 Å². The van der Waals surface area contributed by atoms with Crippen LogP contribution in [-0.2, 0) is 10.0 Å². The first-order valence-corrected chi connectivity index (χ1v) is 7.43. The van der Waals surface area contributed by atoms with Gasteiger partial charge in [-0.3, -0.25) is 0 Å². The number of anilines is 1. The van der Waals surface area contributed by atoms with E-state index in [0.717, 1.165) is 0 Å². The number of sulfonamides is 1. The second-order valence-electron chi connectivity index (χ2n) is 4.94. The summed E-state index contributed by atoms with van der Waals surface area (Å²) in [6, 6.07) is 4.91. The molecule has 1 unspecified atom stereocenters. The first kappa shape index (κ1) is 14.8. The molecule has 7 nitrogen and oxygen atoms in total. The summed E-state index contributed by atoms with van der Waals surface area (Å²) < 4.78 is 26.7. The smallest absolute Gasteiger partial charge is 0.242 e. The molecule has 2 aromatic rings. The minimum absolute atomic E-state index is 0.0496. The van der Waals surface area contributed by atoms with Crippen LogP contribution in [0.4, 0.5) is 5.69 Å². The SMILES string of the molecule is CC(O)(CO)CNS(=O)(=O)c1c[nH]c2ccc(N)cc12. The highest BCUT2D eigenvalue weighted by Crippen LogP contribution is 2.24. The van der Waals surface area contributed by atoms with Gasteiger partial charge in [-0.05, 0) is 25.1 Å². The highest BCUT2D eigenvalue weighted by atomic mass is 32.2. The van der Waals surface area contributed by atoms with Gasteiger partial charge in [-0.15, -0.1) is 0 Å². The van der Waals surface area contributed by atoms with Gasteiger partial charge in [0.05, 0.1) is 12.2 Å². The molecule has 8 heteroatoms. The largest absolute Gasteiger partial charge is 0.399 e. The summed E-state index contributed by atoms with van der Waals surface area (Å²) in [6.07, 6.45) is 1.36. The number of rotatable bonds is 5. The van der Waals surface area contributed by atoms with E-state index in [1.54, 1.807) is 18.2 Å². The number of nitrogens with one attached hydrogen (secondary N) is 2. The quantitative estimate of drug-likeness (QED) is 0.487. The van der Waals surface area contributed by atoms with Crippen molar-refractivity contribution in [3.63, 3.8) is 0 Å². The summed E-state index contributed by atoms with van der Waals surface area (Å²) in [5.74, 6) is 0. The number of hydrogen-bond acceptors (Lipinski definition) is 5. The third kappa shape index (κ3) is 2.93. The standard InChI is InChI=1S/C12H17N3O4S/c1-12(17,7-16)6-15-20(18,19)11-5-14-10-3-2-8(13)4-9(10)11/h2-5,14-17H,6-7,13H2,1H3. The van der Waals surface area contributed by atoms with Crippen molar-refractivity contribution in [3.05, 3.63) is 24.4 Å². The van der Waals surface area contributed by atoms with Crippen LogP contribution in [0.25, 0.3) is 10.9 Å². The molecule has 0 aliphatic carbocycles. The maximum absolute atomic E-state index is 12.2. The molecule has 2 rings (SSSR count). The zero-order valence-corrected chi connectivity index (χ0v) is 11.7. The topological polar surface area (TPSA) is 128 Å². The molecule has 1 aromatic heterocycles. The third-order valence-corrected chi connectivity index (χ3v) is 4.38. The van der Waals surface area contributed by atoms with E-state index in [1.807, 2.05) is 0 Å². The van der Waals surface area contributed by atoms with E-state index in [4.69, 9.17) is 10.8 Å². The van der Waals surface area contributed by atoms with Crippen LogP contribution in [0, 0.1) is 0 Å². The summed E-state index contributed by atoms with van der Waals surface area (Å²) in [4.78, 5) is 2.90. The Morgan fingerprint density at radius 2 is 2.15 bits per heavy atom. The van der Waals surface area contributed by atoms with Crippen molar-refractivity contribution in [2.45, 2.75) is 17.4 Å². The van der Waals surface area contributed by atoms with Gasteiger partial charge in [0.2, 0.25) is 10.0 Å². The van der Waals surface area contributed by atoms with E-state index >= 15 is 0 Å². The van der Waals surface area contributed by atoms with Crippen molar-refractivity contribution in [2.75, 3.05) is 18.9 Å². The van der Waals surface area contributed by atoms with Gasteiger partial charge in [-0.1, -0.05) is 0 Å². The molecule has 6 N–H and O–H groups in total. The third-order valence-electron chi connectivity index (χ3n) is 2.94. The number of aliphatic hydroxyl groups excluding tert-OH is 1. The number of aliphatic hydroxyl groups is 2. The Kier molecular flexibility index (Phi) is 3.74. The summed E-state index contributed by atoms with van der Waals surface area (Å²) in [5, 5.41) is 19.0. The molecule has 0 amide bonds. The van der Waals surface area contributed by atoms with Gasteiger partial charge < -0.3 is 20.9 Å². The van der Waals surface area contributed by atoms with Crippen LogP contribution in [0.2, 0.25) is 0 Å². The highest BCUT2D eigenvalue weighted by Gasteiger charge is 2.25. The normalized spacial score (nSPS) is 15.3. The van der Waals surface area contributed by atoms with Crippen LogP contribution in [-0.4, -0.2) is 42.4 Å². The lowest BCUT2D eigenvalue weighted by molar-refractivity contribution is 0.00681. The predicted molar refractivity (Wildman–Crippen MR) is 75.6 cm³/mol. The maximum Gasteiger partial charge on any atom is 0.242 e. The van der Waals surface area contributed by atoms with Gasteiger partial charge in [0.15, 0.2) is 0 Å². The van der Waals surface area contributed by atoms with Crippen molar-refractivity contribution in [1.29, 1.82) is 0 Å². The Morgan fingerprint density at radius 3 is 2.80 bits per heavy atom. The molecule has 110 valence electrons. The molecular weight excluding hydrogens is 282 g/mol. The van der Waals surface area contributed by atoms with Crippen LogP contribution in [0.15, 0.2) is 29.3 Å². The fourth-order valence-electron chi connectivity index (χ4n) is 1.72. The molecule has 1 aromatic carbocycles. The zero-order chi connectivity index (χ0) is 15.0. The Bertz CT molecular complexity index is 721. The monoisotopic (exact) mass is 299 g/mol. The zero-order valence-electron chi connectivity index (χ0n) is 10.9. The van der Waals surface area contributed by atoms with Crippen LogP contribution < -0.4 is 10.5 Å². The van der Waals surface area contributed by atoms with Gasteiger partial charge in [0.25, 0.3) is 0 Å². The molecule has 0 aliphatic heterocycles. The number of aromatic amines is 1. The minimum atomic E-state index is -3.81. The predicted octanol–water partition coefficient (Wildman–Crippen LogP) is -0.228. The second-order valence-corrected chi connectivity index (χ2v) is 6.67. The number of H-pyrrole nitrogens is 1. The molecule has 0 fully saturated rings. The number of nitrogen functional groups attached to an aromatic ring is 1. The molecule has 20 heavy (non-hydrogen) atoms. The van der Waals surface area contributed by atoms with Crippen molar-refractivity contribution in [3.8, 4) is 0 Å². The molecule has 0 radical (unpaired) electrons. The highest BCUT2D eigenvalue weighted by molar-refractivity contribution is 7.89. The first-order chi connectivity index (χ1) is 9.25. The molecular formula is C12H17N3O4S. The van der Waals surface area contributed by atoms with Gasteiger partial charge in [-0.2, -0.15) is 0 Å². The van der Waals surface area contributed by atoms with Crippen LogP contribution in [0.3, 0.4) is 0 Å². The van der Waals surface area contributed by atoms with E-state index in [0.29, 0.717) is 16.6 Å². The summed E-state index contributed by atoms with van der Waals surface area (Å²) >= 11 is 0. The van der Waals surface area contributed by atoms with Gasteiger partial charge in [0.1, 0.15) is 4.90 Å². The summed E-state index contributed by atoms with van der Waals surface area (Å²) in [5.41, 5.74) is 5.24. The average Bonchev–Trinajstić information content (AvgIpc) is 2.80. The Balaban J connectivity index is 2.35. The van der Waals surface area contributed by atoms with E-state index in [9.17, 15) is 13.5 Å². The number of hydrogen-bond donors (Lipinski definition) is 5. The van der Waals surface area contributed by atoms with E-state index in [-0.39, 0.29) is 11.4 Å². The molecule has 0 spiro atoms.